The summed E-state index contributed by atoms with van der Waals surface area (Å²) in [6, 6.07) is 8.90. The van der Waals surface area contributed by atoms with Gasteiger partial charge >= 0.3 is 6.18 Å². The lowest BCUT2D eigenvalue weighted by molar-refractivity contribution is -0.137. The van der Waals surface area contributed by atoms with E-state index < -0.39 is 35.0 Å². The number of nitrogens with one attached hydrogen (secondary N) is 1. The topological polar surface area (TPSA) is 137 Å². The summed E-state index contributed by atoms with van der Waals surface area (Å²) >= 11 is 6.08. The predicted octanol–water partition coefficient (Wildman–Crippen LogP) is 5.96. The first-order valence-corrected chi connectivity index (χ1v) is 15.1. The second-order valence-electron chi connectivity index (χ2n) is 11.3. The Kier molecular flexibility index (Phi) is 9.60. The second kappa shape index (κ2) is 13.3. The quantitative estimate of drug-likeness (QED) is 0.167. The number of primary amides is 1. The Morgan fingerprint density at radius 2 is 1.89 bits per heavy atom. The molecule has 248 valence electrons. The van der Waals surface area contributed by atoms with Crippen LogP contribution >= 0.6 is 11.6 Å². The maximum absolute atomic E-state index is 14.1. The van der Waals surface area contributed by atoms with E-state index in [-0.39, 0.29) is 69.9 Å². The second-order valence-corrected chi connectivity index (χ2v) is 11.7. The molecule has 4 N–H and O–H groups in total. The van der Waals surface area contributed by atoms with Crippen LogP contribution in [0.1, 0.15) is 53.4 Å². The number of fused-ring (bicyclic) bond motifs is 1. The van der Waals surface area contributed by atoms with Crippen LogP contribution in [-0.4, -0.2) is 47.2 Å². The number of ether oxygens (including phenoxy) is 2. The molecule has 0 bridgehead atoms. The van der Waals surface area contributed by atoms with Crippen LogP contribution in [0.15, 0.2) is 48.7 Å². The molecule has 14 heteroatoms. The van der Waals surface area contributed by atoms with Crippen LogP contribution in [0.25, 0.3) is 22.2 Å². The number of aliphatic hydroxyl groups is 1. The van der Waals surface area contributed by atoms with Gasteiger partial charge in [-0.2, -0.15) is 13.2 Å². The Bertz CT molecular complexity index is 1850. The molecular formula is C33H31ClF4N4O5. The van der Waals surface area contributed by atoms with E-state index in [1.54, 1.807) is 6.92 Å². The largest absolute Gasteiger partial charge is 0.494 e. The molecule has 5 rings (SSSR count). The third-order valence-electron chi connectivity index (χ3n) is 8.20. The van der Waals surface area contributed by atoms with Crippen LogP contribution < -0.4 is 20.5 Å². The molecule has 1 aliphatic rings. The monoisotopic (exact) mass is 674 g/mol. The fourth-order valence-corrected chi connectivity index (χ4v) is 5.76. The lowest BCUT2D eigenvalue weighted by Gasteiger charge is -2.41. The van der Waals surface area contributed by atoms with Crippen molar-refractivity contribution in [3.05, 3.63) is 81.9 Å². The molecule has 2 amide bonds. The molecule has 0 aliphatic heterocycles. The summed E-state index contributed by atoms with van der Waals surface area (Å²) in [6.45, 7) is 1.57. The van der Waals surface area contributed by atoms with E-state index >= 15 is 0 Å². The fraction of sp³-hybridized carbons (Fsp3) is 0.333. The van der Waals surface area contributed by atoms with Crippen molar-refractivity contribution >= 4 is 34.3 Å². The third kappa shape index (κ3) is 6.96. The van der Waals surface area contributed by atoms with Gasteiger partial charge in [-0.25, -0.2) is 9.37 Å². The third-order valence-corrected chi connectivity index (χ3v) is 8.49. The number of alkyl halides is 3. The number of pyridine rings is 2. The molecule has 1 saturated carbocycles. The molecule has 4 aromatic rings. The van der Waals surface area contributed by atoms with Crippen LogP contribution in [-0.2, 0) is 23.0 Å². The van der Waals surface area contributed by atoms with Gasteiger partial charge in [0.05, 0.1) is 43.0 Å². The number of hydrogen-bond donors (Lipinski definition) is 3. The summed E-state index contributed by atoms with van der Waals surface area (Å²) in [5.41, 5.74) is 3.86. The molecule has 2 heterocycles. The van der Waals surface area contributed by atoms with Gasteiger partial charge in [-0.15, -0.1) is 0 Å². The maximum atomic E-state index is 14.1. The highest BCUT2D eigenvalue weighted by atomic mass is 35.5. The number of halogens is 5. The summed E-state index contributed by atoms with van der Waals surface area (Å²) in [6.07, 6.45) is -2.23. The van der Waals surface area contributed by atoms with Crippen molar-refractivity contribution in [2.24, 2.45) is 11.7 Å². The summed E-state index contributed by atoms with van der Waals surface area (Å²) in [4.78, 5) is 34.2. The lowest BCUT2D eigenvalue weighted by atomic mass is 9.70. The predicted molar refractivity (Wildman–Crippen MR) is 166 cm³/mol. The number of nitrogens with zero attached hydrogens (tertiary/aromatic N) is 2. The van der Waals surface area contributed by atoms with Gasteiger partial charge in [0.2, 0.25) is 5.91 Å². The number of hydrogen-bond acceptors (Lipinski definition) is 7. The molecule has 1 atom stereocenters. The van der Waals surface area contributed by atoms with Gasteiger partial charge in [-0.05, 0) is 68.1 Å². The molecule has 0 unspecified atom stereocenters. The fourth-order valence-electron chi connectivity index (χ4n) is 5.58. The molecule has 2 aromatic heterocycles. The van der Waals surface area contributed by atoms with Crippen molar-refractivity contribution < 1.29 is 41.7 Å². The molecular weight excluding hydrogens is 644 g/mol. The average Bonchev–Trinajstić information content (AvgIpc) is 2.99. The Morgan fingerprint density at radius 3 is 2.49 bits per heavy atom. The van der Waals surface area contributed by atoms with Crippen LogP contribution in [0, 0.1) is 11.7 Å². The Morgan fingerprint density at radius 1 is 1.15 bits per heavy atom. The van der Waals surface area contributed by atoms with Crippen molar-refractivity contribution in [2.45, 2.75) is 44.4 Å². The van der Waals surface area contributed by atoms with E-state index in [0.717, 1.165) is 18.6 Å². The SMILES string of the molecule is CCOc1c(CC(N)=O)cc([C@@](O)(CNC(=O)c2cc(OC)c3ncc(C(F)(F)F)cc3c2)C2CCC2)nc1-c1ccc(F)c(Cl)c1. The van der Waals surface area contributed by atoms with Crippen molar-refractivity contribution in [3.8, 4) is 22.8 Å². The number of carbonyl (C=O) groups is 2. The standard InChI is InChI=1S/C33H31ClF4N4O5/c1-3-47-30-19(14-27(39)43)13-26(42-29(30)17-7-8-24(35)23(34)11-17)32(45,21-5-4-6-21)16-41-31(44)20-9-18-10-22(33(36,37)38)15-40-28(18)25(12-20)46-2/h7-13,15,21,45H,3-6,14,16H2,1-2H3,(H2,39,43)(H,41,44)/t32-/m1/s1. The molecule has 1 aliphatic carbocycles. The van der Waals surface area contributed by atoms with Gasteiger partial charge in [0.25, 0.3) is 5.91 Å². The summed E-state index contributed by atoms with van der Waals surface area (Å²) in [7, 11) is 1.30. The summed E-state index contributed by atoms with van der Waals surface area (Å²) < 4.78 is 65.4. The summed E-state index contributed by atoms with van der Waals surface area (Å²) in [5, 5.41) is 14.8. The van der Waals surface area contributed by atoms with Crippen molar-refractivity contribution in [1.29, 1.82) is 0 Å². The van der Waals surface area contributed by atoms with Crippen LogP contribution in [0.4, 0.5) is 17.6 Å². The number of benzene rings is 2. The summed E-state index contributed by atoms with van der Waals surface area (Å²) in [5.74, 6) is -2.11. The van der Waals surface area contributed by atoms with Crippen molar-refractivity contribution in [2.75, 3.05) is 20.3 Å². The Hall–Kier alpha value is -4.49. The average molecular weight is 675 g/mol. The number of carbonyl (C=O) groups excluding carboxylic acids is 2. The molecule has 2 aromatic carbocycles. The Balaban J connectivity index is 1.56. The molecule has 0 saturated heterocycles. The molecule has 0 radical (unpaired) electrons. The molecule has 9 nitrogen and oxygen atoms in total. The number of nitrogens with two attached hydrogens (primary N) is 1. The molecule has 1 fully saturated rings. The minimum absolute atomic E-state index is 0.0258. The first-order valence-electron chi connectivity index (χ1n) is 14.7. The number of aromatic nitrogens is 2. The van der Waals surface area contributed by atoms with Gasteiger partial charge in [-0.3, -0.25) is 14.6 Å². The van der Waals surface area contributed by atoms with E-state index in [0.29, 0.717) is 30.2 Å². The van der Waals surface area contributed by atoms with Gasteiger partial charge < -0.3 is 25.6 Å². The minimum Gasteiger partial charge on any atom is -0.494 e. The minimum atomic E-state index is -4.65. The van der Waals surface area contributed by atoms with Gasteiger partial charge in [0.1, 0.15) is 34.1 Å². The maximum Gasteiger partial charge on any atom is 0.417 e. The first-order chi connectivity index (χ1) is 22.2. The first kappa shape index (κ1) is 33.9. The van der Waals surface area contributed by atoms with Crippen molar-refractivity contribution in [3.63, 3.8) is 0 Å². The van der Waals surface area contributed by atoms with Gasteiger partial charge in [0.15, 0.2) is 0 Å². The number of methoxy groups -OCH3 is 1. The van der Waals surface area contributed by atoms with Crippen LogP contribution in [0.2, 0.25) is 5.02 Å². The van der Waals surface area contributed by atoms with E-state index in [1.165, 1.54) is 37.4 Å². The van der Waals surface area contributed by atoms with Gasteiger partial charge in [-0.1, -0.05) is 18.0 Å². The highest BCUT2D eigenvalue weighted by Gasteiger charge is 2.44. The molecule has 47 heavy (non-hydrogen) atoms. The Labute approximate surface area is 272 Å². The van der Waals surface area contributed by atoms with E-state index in [9.17, 15) is 32.3 Å². The zero-order valence-electron chi connectivity index (χ0n) is 25.4. The normalized spacial score (nSPS) is 14.7. The lowest BCUT2D eigenvalue weighted by Crippen LogP contribution is -2.49. The number of rotatable bonds is 11. The smallest absolute Gasteiger partial charge is 0.417 e. The van der Waals surface area contributed by atoms with E-state index in [1.807, 2.05) is 0 Å². The van der Waals surface area contributed by atoms with Gasteiger partial charge in [0, 0.05) is 28.3 Å². The zero-order valence-corrected chi connectivity index (χ0v) is 26.1. The molecule has 0 spiro atoms. The van der Waals surface area contributed by atoms with Crippen LogP contribution in [0.5, 0.6) is 11.5 Å². The van der Waals surface area contributed by atoms with E-state index in [4.69, 9.17) is 31.8 Å². The van der Waals surface area contributed by atoms with E-state index in [2.05, 4.69) is 10.3 Å². The zero-order chi connectivity index (χ0) is 34.1. The highest BCUT2D eigenvalue weighted by molar-refractivity contribution is 6.31. The van der Waals surface area contributed by atoms with Crippen LogP contribution in [0.3, 0.4) is 0 Å². The highest BCUT2D eigenvalue weighted by Crippen LogP contribution is 2.44. The number of amides is 2. The van der Waals surface area contributed by atoms with Crippen molar-refractivity contribution in [1.82, 2.24) is 15.3 Å².